The quantitative estimate of drug-likeness (QED) is 0.672. The van der Waals surface area contributed by atoms with Crippen LogP contribution in [-0.4, -0.2) is 15.7 Å². The highest BCUT2D eigenvalue weighted by Crippen LogP contribution is 1.75. The molecule has 0 fully saturated rings. The van der Waals surface area contributed by atoms with E-state index in [1.165, 1.54) is 19.2 Å². The topological polar surface area (TPSA) is 54.9 Å². The van der Waals surface area contributed by atoms with Crippen LogP contribution in [0.25, 0.3) is 0 Å². The summed E-state index contributed by atoms with van der Waals surface area (Å²) in [5, 5.41) is 2.29. The van der Waals surface area contributed by atoms with Gasteiger partial charge in [0.15, 0.2) is 0 Å². The molecule has 1 N–H and O–H groups in total. The summed E-state index contributed by atoms with van der Waals surface area (Å²) in [6, 6.07) is 1.29. The van der Waals surface area contributed by atoms with Crippen molar-refractivity contribution in [3.8, 4) is 0 Å². The monoisotopic (exact) mass is 186 g/mol. The molecule has 76 valence electrons. The molecule has 0 saturated carbocycles. The van der Waals surface area contributed by atoms with Gasteiger partial charge < -0.3 is 0 Å². The van der Waals surface area contributed by atoms with Crippen molar-refractivity contribution in [1.29, 1.82) is 0 Å². The van der Waals surface area contributed by atoms with Crippen molar-refractivity contribution < 1.29 is 4.79 Å². The van der Waals surface area contributed by atoms with Crippen molar-refractivity contribution in [3.63, 3.8) is 0 Å². The molecular weight excluding hydrogens is 168 g/mol. The lowest BCUT2D eigenvalue weighted by Gasteiger charge is -1.89. The first-order chi connectivity index (χ1) is 6.20. The summed E-state index contributed by atoms with van der Waals surface area (Å²) >= 11 is 0. The van der Waals surface area contributed by atoms with Crippen LogP contribution in [0.5, 0.6) is 0 Å². The molecule has 1 heterocycles. The standard InChI is InChI=1S/C5H6N2O2.2C2H6/c1-4(8)7-3-2-5(9)6-7;2*1-2/h2-3H,1H3,(H,6,9);2*1-2H3. The zero-order valence-electron chi connectivity index (χ0n) is 8.92. The Kier molecular flexibility index (Phi) is 9.60. The number of hydrogen-bond acceptors (Lipinski definition) is 2. The van der Waals surface area contributed by atoms with Crippen molar-refractivity contribution in [2.24, 2.45) is 0 Å². The molecule has 0 aliphatic rings. The lowest BCUT2D eigenvalue weighted by molar-refractivity contribution is 0.0920. The second-order valence-electron chi connectivity index (χ2n) is 1.68. The molecule has 0 atom stereocenters. The number of nitrogens with zero attached hydrogens (tertiary/aromatic N) is 1. The molecule has 1 aromatic rings. The summed E-state index contributed by atoms with van der Waals surface area (Å²) in [7, 11) is 0. The van der Waals surface area contributed by atoms with E-state index in [1.807, 2.05) is 27.7 Å². The summed E-state index contributed by atoms with van der Waals surface area (Å²) in [6.07, 6.45) is 1.39. The Hall–Kier alpha value is -1.32. The van der Waals surface area contributed by atoms with E-state index in [4.69, 9.17) is 0 Å². The molecule has 0 aromatic carbocycles. The summed E-state index contributed by atoms with van der Waals surface area (Å²) < 4.78 is 1.13. The third-order valence-electron chi connectivity index (χ3n) is 0.945. The number of hydrogen-bond donors (Lipinski definition) is 1. The van der Waals surface area contributed by atoms with Crippen molar-refractivity contribution in [1.82, 2.24) is 9.78 Å². The van der Waals surface area contributed by atoms with Gasteiger partial charge in [-0.2, -0.15) is 0 Å². The van der Waals surface area contributed by atoms with Gasteiger partial charge in [-0.1, -0.05) is 27.7 Å². The van der Waals surface area contributed by atoms with Crippen molar-refractivity contribution >= 4 is 5.91 Å². The van der Waals surface area contributed by atoms with Crippen LogP contribution in [0.4, 0.5) is 0 Å². The highest BCUT2D eigenvalue weighted by molar-refractivity contribution is 5.74. The number of H-pyrrole nitrogens is 1. The minimum Gasteiger partial charge on any atom is -0.273 e. The maximum absolute atomic E-state index is 10.5. The molecule has 0 aliphatic heterocycles. The van der Waals surface area contributed by atoms with Crippen LogP contribution in [0, 0.1) is 0 Å². The molecular formula is C9H18N2O2. The third-order valence-corrected chi connectivity index (χ3v) is 0.945. The largest absolute Gasteiger partial charge is 0.273 e. The Labute approximate surface area is 78.6 Å². The van der Waals surface area contributed by atoms with Crippen LogP contribution in [-0.2, 0) is 0 Å². The van der Waals surface area contributed by atoms with Gasteiger partial charge in [-0.25, -0.2) is 4.68 Å². The first kappa shape index (κ1) is 14.2. The van der Waals surface area contributed by atoms with E-state index < -0.39 is 0 Å². The fourth-order valence-corrected chi connectivity index (χ4v) is 0.519. The molecule has 0 unspecified atom stereocenters. The second kappa shape index (κ2) is 8.77. The third kappa shape index (κ3) is 5.90. The Morgan fingerprint density at radius 2 is 1.77 bits per heavy atom. The summed E-state index contributed by atoms with van der Waals surface area (Å²) in [5.41, 5.74) is -0.259. The Morgan fingerprint density at radius 1 is 1.31 bits per heavy atom. The van der Waals surface area contributed by atoms with Gasteiger partial charge in [0.25, 0.3) is 5.56 Å². The first-order valence-corrected chi connectivity index (χ1v) is 4.49. The average molecular weight is 186 g/mol. The predicted molar refractivity (Wildman–Crippen MR) is 54.0 cm³/mol. The van der Waals surface area contributed by atoms with Crippen LogP contribution >= 0.6 is 0 Å². The normalized spacial score (nSPS) is 7.46. The van der Waals surface area contributed by atoms with E-state index in [0.717, 1.165) is 4.68 Å². The second-order valence-corrected chi connectivity index (χ2v) is 1.68. The predicted octanol–water partition coefficient (Wildman–Crippen LogP) is 1.89. The smallest absolute Gasteiger partial charge is 0.264 e. The van der Waals surface area contributed by atoms with E-state index in [2.05, 4.69) is 5.10 Å². The molecule has 1 rings (SSSR count). The maximum Gasteiger partial charge on any atom is 0.264 e. The maximum atomic E-state index is 10.5. The molecule has 4 heteroatoms. The average Bonchev–Trinajstić information content (AvgIpc) is 2.59. The molecule has 0 amide bonds. The van der Waals surface area contributed by atoms with E-state index in [1.54, 1.807) is 0 Å². The Bertz CT molecular complexity index is 273. The van der Waals surface area contributed by atoms with Crippen LogP contribution in [0.2, 0.25) is 0 Å². The zero-order chi connectivity index (χ0) is 10.9. The SMILES string of the molecule is CC.CC.CC(=O)n1ccc(=O)[nH]1. The number of aromatic amines is 1. The van der Waals surface area contributed by atoms with Gasteiger partial charge in [-0.3, -0.25) is 14.7 Å². The van der Waals surface area contributed by atoms with E-state index in [-0.39, 0.29) is 11.5 Å². The number of carbonyl (C=O) groups is 1. The molecule has 0 saturated heterocycles. The highest BCUT2D eigenvalue weighted by atomic mass is 16.2. The molecule has 1 aromatic heterocycles. The van der Waals surface area contributed by atoms with Gasteiger partial charge >= 0.3 is 0 Å². The number of carbonyl (C=O) groups excluding carboxylic acids is 1. The van der Waals surface area contributed by atoms with E-state index in [9.17, 15) is 9.59 Å². The molecule has 0 radical (unpaired) electrons. The minimum absolute atomic E-state index is 0.197. The van der Waals surface area contributed by atoms with Gasteiger partial charge in [0.05, 0.1) is 0 Å². The van der Waals surface area contributed by atoms with Crippen LogP contribution < -0.4 is 5.56 Å². The van der Waals surface area contributed by atoms with Crippen molar-refractivity contribution in [2.75, 3.05) is 0 Å². The highest BCUT2D eigenvalue weighted by Gasteiger charge is 1.93. The van der Waals surface area contributed by atoms with Gasteiger partial charge in [-0.15, -0.1) is 0 Å². The fourth-order valence-electron chi connectivity index (χ4n) is 0.519. The minimum atomic E-state index is -0.259. The molecule has 0 bridgehead atoms. The molecule has 0 spiro atoms. The molecule has 4 nitrogen and oxygen atoms in total. The number of rotatable bonds is 0. The molecule has 0 aliphatic carbocycles. The number of aromatic nitrogens is 2. The zero-order valence-corrected chi connectivity index (χ0v) is 8.92. The van der Waals surface area contributed by atoms with E-state index >= 15 is 0 Å². The summed E-state index contributed by atoms with van der Waals surface area (Å²) in [6.45, 7) is 9.37. The Morgan fingerprint density at radius 3 is 1.92 bits per heavy atom. The molecule has 13 heavy (non-hydrogen) atoms. The summed E-state index contributed by atoms with van der Waals surface area (Å²) in [4.78, 5) is 20.8. The van der Waals surface area contributed by atoms with Gasteiger partial charge in [0.1, 0.15) is 0 Å². The van der Waals surface area contributed by atoms with E-state index in [0.29, 0.717) is 0 Å². The van der Waals surface area contributed by atoms with Gasteiger partial charge in [0.2, 0.25) is 5.91 Å². The van der Waals surface area contributed by atoms with Crippen molar-refractivity contribution in [3.05, 3.63) is 22.6 Å². The number of nitrogens with one attached hydrogen (secondary N) is 1. The lowest BCUT2D eigenvalue weighted by atomic mass is 10.7. The van der Waals surface area contributed by atoms with Crippen LogP contribution in [0.1, 0.15) is 39.4 Å². The lowest BCUT2D eigenvalue weighted by Crippen LogP contribution is -2.10. The summed E-state index contributed by atoms with van der Waals surface area (Å²) in [5.74, 6) is -0.197. The Balaban J connectivity index is 0. The fraction of sp³-hybridized carbons (Fsp3) is 0.556. The van der Waals surface area contributed by atoms with Crippen molar-refractivity contribution in [2.45, 2.75) is 34.6 Å². The van der Waals surface area contributed by atoms with Gasteiger partial charge in [-0.05, 0) is 0 Å². The van der Waals surface area contributed by atoms with Crippen LogP contribution in [0.15, 0.2) is 17.1 Å². The van der Waals surface area contributed by atoms with Crippen LogP contribution in [0.3, 0.4) is 0 Å². The first-order valence-electron chi connectivity index (χ1n) is 4.49. The van der Waals surface area contributed by atoms with Gasteiger partial charge in [0, 0.05) is 19.2 Å².